The SMILES string of the molecule is NC(=O)[C@@H]1CCN(c2ncnc(N)c2F)C[C@H]1N1CCC[C@@H](Nc2cc(Cl)cc(C(F)(F)F)c2)C1=O. The molecule has 9 nitrogen and oxygen atoms in total. The minimum Gasteiger partial charge on any atom is -0.381 e. The van der Waals surface area contributed by atoms with Crippen LogP contribution in [0.5, 0.6) is 0 Å². The van der Waals surface area contributed by atoms with Crippen LogP contribution in [0.4, 0.5) is 34.9 Å². The Labute approximate surface area is 208 Å². The van der Waals surface area contributed by atoms with E-state index in [-0.39, 0.29) is 41.9 Å². The van der Waals surface area contributed by atoms with Gasteiger partial charge < -0.3 is 26.6 Å². The van der Waals surface area contributed by atoms with Gasteiger partial charge in [-0.3, -0.25) is 9.59 Å². The number of hydrogen-bond donors (Lipinski definition) is 3. The number of nitrogens with two attached hydrogens (primary N) is 2. The van der Waals surface area contributed by atoms with E-state index in [4.69, 9.17) is 23.1 Å². The molecule has 0 bridgehead atoms. The number of hydrogen-bond acceptors (Lipinski definition) is 7. The van der Waals surface area contributed by atoms with Gasteiger partial charge >= 0.3 is 6.18 Å². The molecule has 36 heavy (non-hydrogen) atoms. The van der Waals surface area contributed by atoms with E-state index in [1.165, 1.54) is 11.0 Å². The van der Waals surface area contributed by atoms with Crippen molar-refractivity contribution in [3.05, 3.63) is 40.9 Å². The Kier molecular flexibility index (Phi) is 7.12. The Morgan fingerprint density at radius 1 is 1.17 bits per heavy atom. The van der Waals surface area contributed by atoms with Crippen LogP contribution < -0.4 is 21.7 Å². The van der Waals surface area contributed by atoms with Gasteiger partial charge in [0.2, 0.25) is 17.6 Å². The van der Waals surface area contributed by atoms with Crippen molar-refractivity contribution in [2.24, 2.45) is 11.7 Å². The maximum Gasteiger partial charge on any atom is 0.416 e. The van der Waals surface area contributed by atoms with Crippen LogP contribution in [0.1, 0.15) is 24.8 Å². The van der Waals surface area contributed by atoms with E-state index in [9.17, 15) is 27.2 Å². The van der Waals surface area contributed by atoms with Crippen molar-refractivity contribution in [2.45, 2.75) is 37.5 Å². The molecule has 2 aliphatic heterocycles. The van der Waals surface area contributed by atoms with Gasteiger partial charge in [-0.25, -0.2) is 9.97 Å². The molecule has 2 aliphatic rings. The molecular formula is C22H24ClF4N7O2. The fourth-order valence-corrected chi connectivity index (χ4v) is 5.00. The summed E-state index contributed by atoms with van der Waals surface area (Å²) in [7, 11) is 0. The third kappa shape index (κ3) is 5.25. The van der Waals surface area contributed by atoms with Gasteiger partial charge in [0.05, 0.1) is 17.5 Å². The number of nitrogen functional groups attached to an aromatic ring is 1. The van der Waals surface area contributed by atoms with Gasteiger partial charge in [-0.15, -0.1) is 0 Å². The van der Waals surface area contributed by atoms with Crippen LogP contribution in [0.3, 0.4) is 0 Å². The average Bonchev–Trinajstić information content (AvgIpc) is 2.81. The number of primary amides is 1. The molecule has 2 fully saturated rings. The Hall–Kier alpha value is -3.35. The molecular weight excluding hydrogens is 506 g/mol. The lowest BCUT2D eigenvalue weighted by atomic mass is 9.87. The minimum atomic E-state index is -4.61. The second-order valence-corrected chi connectivity index (χ2v) is 9.24. The minimum absolute atomic E-state index is 0.0466. The summed E-state index contributed by atoms with van der Waals surface area (Å²) in [5.41, 5.74) is 10.3. The quantitative estimate of drug-likeness (QED) is 0.508. The number of likely N-dealkylation sites (tertiary alicyclic amines) is 1. The molecule has 14 heteroatoms. The molecule has 0 aliphatic carbocycles. The Balaban J connectivity index is 1.57. The molecule has 4 rings (SSSR count). The third-order valence-electron chi connectivity index (χ3n) is 6.48. The fraction of sp³-hybridized carbons (Fsp3) is 0.455. The van der Waals surface area contributed by atoms with Crippen molar-refractivity contribution in [2.75, 3.05) is 35.6 Å². The number of rotatable bonds is 5. The summed E-state index contributed by atoms with van der Waals surface area (Å²) in [5.74, 6) is -2.89. The third-order valence-corrected chi connectivity index (χ3v) is 6.70. The van der Waals surface area contributed by atoms with E-state index in [0.717, 1.165) is 18.5 Å². The predicted molar refractivity (Wildman–Crippen MR) is 125 cm³/mol. The molecule has 5 N–H and O–H groups in total. The highest BCUT2D eigenvalue weighted by Crippen LogP contribution is 2.35. The normalized spacial score (nSPS) is 23.0. The summed E-state index contributed by atoms with van der Waals surface area (Å²) in [6.07, 6.45) is -2.36. The van der Waals surface area contributed by atoms with Gasteiger partial charge in [0.15, 0.2) is 11.6 Å². The molecule has 194 valence electrons. The highest BCUT2D eigenvalue weighted by molar-refractivity contribution is 6.31. The first kappa shape index (κ1) is 25.7. The molecule has 0 radical (unpaired) electrons. The van der Waals surface area contributed by atoms with Crippen molar-refractivity contribution >= 4 is 40.7 Å². The van der Waals surface area contributed by atoms with E-state index in [1.807, 2.05) is 0 Å². The number of alkyl halides is 3. The number of amides is 2. The maximum atomic E-state index is 14.6. The first-order chi connectivity index (χ1) is 17.0. The van der Waals surface area contributed by atoms with Crippen molar-refractivity contribution in [3.63, 3.8) is 0 Å². The summed E-state index contributed by atoms with van der Waals surface area (Å²) < 4.78 is 54.2. The highest BCUT2D eigenvalue weighted by Gasteiger charge is 2.43. The zero-order valence-corrected chi connectivity index (χ0v) is 19.7. The zero-order valence-electron chi connectivity index (χ0n) is 18.9. The second kappa shape index (κ2) is 9.96. The maximum absolute atomic E-state index is 14.6. The highest BCUT2D eigenvalue weighted by atomic mass is 35.5. The van der Waals surface area contributed by atoms with Crippen LogP contribution in [-0.2, 0) is 15.8 Å². The van der Waals surface area contributed by atoms with E-state index >= 15 is 0 Å². The van der Waals surface area contributed by atoms with Crippen LogP contribution in [-0.4, -0.2) is 58.4 Å². The monoisotopic (exact) mass is 529 g/mol. The summed E-state index contributed by atoms with van der Waals surface area (Å²) in [6, 6.07) is 1.44. The predicted octanol–water partition coefficient (Wildman–Crippen LogP) is 2.65. The lowest BCUT2D eigenvalue weighted by molar-refractivity contribution is -0.140. The number of carbonyl (C=O) groups excluding carboxylic acids is 2. The lowest BCUT2D eigenvalue weighted by Crippen LogP contribution is -2.61. The smallest absolute Gasteiger partial charge is 0.381 e. The first-order valence-electron chi connectivity index (χ1n) is 11.2. The van der Waals surface area contributed by atoms with E-state index < -0.39 is 47.4 Å². The number of piperidine rings is 2. The van der Waals surface area contributed by atoms with E-state index in [2.05, 4.69) is 15.3 Å². The molecule has 1 aromatic heterocycles. The van der Waals surface area contributed by atoms with Crippen LogP contribution in [0, 0.1) is 11.7 Å². The van der Waals surface area contributed by atoms with Crippen LogP contribution in [0.2, 0.25) is 5.02 Å². The van der Waals surface area contributed by atoms with Gasteiger partial charge in [0.25, 0.3) is 0 Å². The molecule has 2 aromatic rings. The number of nitrogens with zero attached hydrogens (tertiary/aromatic N) is 4. The number of nitrogens with one attached hydrogen (secondary N) is 1. The molecule has 0 spiro atoms. The summed E-state index contributed by atoms with van der Waals surface area (Å²) >= 11 is 5.87. The van der Waals surface area contributed by atoms with Crippen LogP contribution >= 0.6 is 11.6 Å². The molecule has 2 saturated heterocycles. The standard InChI is InChI=1S/C22H24ClF4N7O2/c23-12-6-11(22(25,26)27)7-13(8-12)32-15-2-1-4-34(21(15)36)16-9-33(5-3-14(16)19(29)35)20-17(24)18(28)30-10-31-20/h6-8,10,14-16,32H,1-5,9H2,(H2,29,35)(H2,28,30,31)/t14-,15-,16-/m1/s1. The van der Waals surface area contributed by atoms with Crippen LogP contribution in [0.25, 0.3) is 0 Å². The Morgan fingerprint density at radius 3 is 2.61 bits per heavy atom. The Bertz CT molecular complexity index is 1170. The van der Waals surface area contributed by atoms with Crippen molar-refractivity contribution in [1.82, 2.24) is 14.9 Å². The van der Waals surface area contributed by atoms with E-state index in [0.29, 0.717) is 19.4 Å². The van der Waals surface area contributed by atoms with Gasteiger partial charge in [0, 0.05) is 30.3 Å². The molecule has 2 amide bonds. The van der Waals surface area contributed by atoms with Crippen molar-refractivity contribution in [3.8, 4) is 0 Å². The van der Waals surface area contributed by atoms with Gasteiger partial charge in [-0.05, 0) is 37.5 Å². The number of anilines is 3. The van der Waals surface area contributed by atoms with Gasteiger partial charge in [-0.2, -0.15) is 17.6 Å². The van der Waals surface area contributed by atoms with Gasteiger partial charge in [-0.1, -0.05) is 11.6 Å². The van der Waals surface area contributed by atoms with Gasteiger partial charge in [0.1, 0.15) is 12.4 Å². The molecule has 3 heterocycles. The molecule has 0 saturated carbocycles. The second-order valence-electron chi connectivity index (χ2n) is 8.80. The molecule has 1 aromatic carbocycles. The number of benzene rings is 1. The summed E-state index contributed by atoms with van der Waals surface area (Å²) in [4.78, 5) is 36.3. The lowest BCUT2D eigenvalue weighted by Gasteiger charge is -2.46. The summed E-state index contributed by atoms with van der Waals surface area (Å²) in [6.45, 7) is 0.621. The van der Waals surface area contributed by atoms with Crippen LogP contribution in [0.15, 0.2) is 24.5 Å². The molecule has 3 atom stereocenters. The van der Waals surface area contributed by atoms with Crippen molar-refractivity contribution < 1.29 is 27.2 Å². The van der Waals surface area contributed by atoms with Crippen molar-refractivity contribution in [1.29, 1.82) is 0 Å². The number of aromatic nitrogens is 2. The summed E-state index contributed by atoms with van der Waals surface area (Å²) in [5, 5.41) is 2.72. The number of carbonyl (C=O) groups is 2. The Morgan fingerprint density at radius 2 is 1.92 bits per heavy atom. The number of halogens is 5. The first-order valence-corrected chi connectivity index (χ1v) is 11.6. The fourth-order valence-electron chi connectivity index (χ4n) is 4.77. The molecule has 0 unspecified atom stereocenters. The largest absolute Gasteiger partial charge is 0.416 e. The average molecular weight is 530 g/mol. The zero-order chi connectivity index (χ0) is 26.2. The topological polar surface area (TPSA) is 130 Å². The van der Waals surface area contributed by atoms with E-state index in [1.54, 1.807) is 4.90 Å².